The minimum absolute atomic E-state index is 0.0704. The molecule has 9 heteroatoms. The smallest absolute Gasteiger partial charge is 0.311 e. The van der Waals surface area contributed by atoms with Crippen LogP contribution >= 0.6 is 0 Å². The van der Waals surface area contributed by atoms with Crippen molar-refractivity contribution in [3.8, 4) is 5.75 Å². The molecule has 0 saturated carbocycles. The zero-order valence-corrected chi connectivity index (χ0v) is 16.7. The number of carbonyl (C=O) groups is 2. The number of amides is 2. The lowest BCUT2D eigenvalue weighted by molar-refractivity contribution is -0.385. The molecule has 0 atom stereocenters. The molecule has 1 fully saturated rings. The lowest BCUT2D eigenvalue weighted by atomic mass is 10.1. The second kappa shape index (κ2) is 9.84. The topological polar surface area (TPSA) is 105 Å². The summed E-state index contributed by atoms with van der Waals surface area (Å²) in [5.74, 6) is -0.650. The van der Waals surface area contributed by atoms with Crippen LogP contribution in [0.15, 0.2) is 48.5 Å². The number of methoxy groups -OCH3 is 1. The van der Waals surface area contributed by atoms with Crippen molar-refractivity contribution in [1.82, 2.24) is 15.1 Å². The van der Waals surface area contributed by atoms with E-state index in [0.29, 0.717) is 13.1 Å². The van der Waals surface area contributed by atoms with Gasteiger partial charge in [0.15, 0.2) is 5.75 Å². The largest absolute Gasteiger partial charge is 0.490 e. The number of hydrogen-bond acceptors (Lipinski definition) is 6. The summed E-state index contributed by atoms with van der Waals surface area (Å²) in [6.07, 6.45) is 0. The fourth-order valence-corrected chi connectivity index (χ4v) is 3.34. The molecule has 0 aliphatic carbocycles. The highest BCUT2D eigenvalue weighted by Gasteiger charge is 2.22. The normalized spacial score (nSPS) is 14.2. The third-order valence-corrected chi connectivity index (χ3v) is 5.01. The SMILES string of the molecule is COc1ccc(C(=O)NCC(=O)N2CCN(Cc3ccccc3)CC2)cc1[N+](=O)[O-]. The van der Waals surface area contributed by atoms with Crippen LogP contribution in [0.1, 0.15) is 15.9 Å². The molecule has 2 amide bonds. The van der Waals surface area contributed by atoms with Crippen molar-refractivity contribution >= 4 is 17.5 Å². The molecule has 1 aliphatic rings. The molecular weight excluding hydrogens is 388 g/mol. The molecular formula is C21H24N4O5. The minimum Gasteiger partial charge on any atom is -0.490 e. The fourth-order valence-electron chi connectivity index (χ4n) is 3.34. The van der Waals surface area contributed by atoms with Crippen LogP contribution in [0.25, 0.3) is 0 Å². The first kappa shape index (κ1) is 21.3. The second-order valence-electron chi connectivity index (χ2n) is 6.97. The summed E-state index contributed by atoms with van der Waals surface area (Å²) in [6.45, 7) is 3.40. The van der Waals surface area contributed by atoms with E-state index in [4.69, 9.17) is 4.74 Å². The lowest BCUT2D eigenvalue weighted by Gasteiger charge is -2.34. The number of rotatable bonds is 7. The highest BCUT2D eigenvalue weighted by Crippen LogP contribution is 2.27. The van der Waals surface area contributed by atoms with Crippen molar-refractivity contribution < 1.29 is 19.2 Å². The molecule has 2 aromatic rings. The maximum atomic E-state index is 12.4. The number of carbonyl (C=O) groups excluding carboxylic acids is 2. The maximum absolute atomic E-state index is 12.4. The van der Waals surface area contributed by atoms with Crippen LogP contribution in [-0.2, 0) is 11.3 Å². The van der Waals surface area contributed by atoms with Gasteiger partial charge in [0, 0.05) is 44.4 Å². The van der Waals surface area contributed by atoms with Gasteiger partial charge in [0.2, 0.25) is 5.91 Å². The first-order valence-corrected chi connectivity index (χ1v) is 9.62. The Balaban J connectivity index is 1.48. The number of nitrogens with one attached hydrogen (secondary N) is 1. The predicted octanol–water partition coefficient (Wildman–Crippen LogP) is 1.68. The predicted molar refractivity (Wildman–Crippen MR) is 110 cm³/mol. The summed E-state index contributed by atoms with van der Waals surface area (Å²) in [5.41, 5.74) is 1.03. The van der Waals surface area contributed by atoms with Gasteiger partial charge in [-0.05, 0) is 17.7 Å². The van der Waals surface area contributed by atoms with Gasteiger partial charge >= 0.3 is 5.69 Å². The van der Waals surface area contributed by atoms with Crippen molar-refractivity contribution in [2.45, 2.75) is 6.54 Å². The molecule has 0 radical (unpaired) electrons. The van der Waals surface area contributed by atoms with E-state index in [9.17, 15) is 19.7 Å². The van der Waals surface area contributed by atoms with Gasteiger partial charge in [0.25, 0.3) is 5.91 Å². The van der Waals surface area contributed by atoms with E-state index < -0.39 is 10.8 Å². The Morgan fingerprint density at radius 1 is 1.10 bits per heavy atom. The molecule has 9 nitrogen and oxygen atoms in total. The first-order chi connectivity index (χ1) is 14.5. The summed E-state index contributed by atoms with van der Waals surface area (Å²) in [6, 6.07) is 14.1. The summed E-state index contributed by atoms with van der Waals surface area (Å²) >= 11 is 0. The Morgan fingerprint density at radius 2 is 1.80 bits per heavy atom. The molecule has 2 aromatic carbocycles. The lowest BCUT2D eigenvalue weighted by Crippen LogP contribution is -2.50. The van der Waals surface area contributed by atoms with Gasteiger partial charge in [-0.15, -0.1) is 0 Å². The van der Waals surface area contributed by atoms with Gasteiger partial charge in [-0.1, -0.05) is 30.3 Å². The van der Waals surface area contributed by atoms with Gasteiger partial charge in [0.1, 0.15) is 0 Å². The van der Waals surface area contributed by atoms with Crippen molar-refractivity contribution in [2.75, 3.05) is 39.8 Å². The maximum Gasteiger partial charge on any atom is 0.311 e. The summed E-state index contributed by atoms with van der Waals surface area (Å²) in [5, 5.41) is 13.6. The number of nitrogens with zero attached hydrogens (tertiary/aromatic N) is 3. The van der Waals surface area contributed by atoms with Gasteiger partial charge in [-0.2, -0.15) is 0 Å². The van der Waals surface area contributed by atoms with Gasteiger partial charge in [-0.25, -0.2) is 0 Å². The third-order valence-electron chi connectivity index (χ3n) is 5.01. The molecule has 0 unspecified atom stereocenters. The van der Waals surface area contributed by atoms with Crippen LogP contribution in [0.5, 0.6) is 5.75 Å². The monoisotopic (exact) mass is 412 g/mol. The average Bonchev–Trinajstić information content (AvgIpc) is 2.78. The zero-order valence-electron chi connectivity index (χ0n) is 16.7. The number of hydrogen-bond donors (Lipinski definition) is 1. The van der Waals surface area contributed by atoms with Crippen LogP contribution < -0.4 is 10.1 Å². The fraction of sp³-hybridized carbons (Fsp3) is 0.333. The van der Waals surface area contributed by atoms with Crippen molar-refractivity contribution in [2.24, 2.45) is 0 Å². The molecule has 0 bridgehead atoms. The highest BCUT2D eigenvalue weighted by molar-refractivity contribution is 5.97. The van der Waals surface area contributed by atoms with Gasteiger partial charge in [0.05, 0.1) is 18.6 Å². The zero-order chi connectivity index (χ0) is 21.5. The molecule has 158 valence electrons. The van der Waals surface area contributed by atoms with Crippen molar-refractivity contribution in [3.05, 3.63) is 69.8 Å². The van der Waals surface area contributed by atoms with E-state index >= 15 is 0 Å². The van der Waals surface area contributed by atoms with E-state index in [-0.39, 0.29) is 29.5 Å². The van der Waals surface area contributed by atoms with E-state index in [0.717, 1.165) is 25.7 Å². The van der Waals surface area contributed by atoms with Crippen molar-refractivity contribution in [1.29, 1.82) is 0 Å². The molecule has 1 N–H and O–H groups in total. The Hall–Kier alpha value is -3.46. The van der Waals surface area contributed by atoms with Gasteiger partial charge in [-0.3, -0.25) is 24.6 Å². The van der Waals surface area contributed by atoms with Crippen LogP contribution in [-0.4, -0.2) is 66.4 Å². The molecule has 3 rings (SSSR count). The third kappa shape index (κ3) is 5.32. The standard InChI is InChI=1S/C21H24N4O5/c1-30-19-8-7-17(13-18(19)25(28)29)21(27)22-14-20(26)24-11-9-23(10-12-24)15-16-5-3-2-4-6-16/h2-8,13H,9-12,14-15H2,1H3,(H,22,27). The van der Waals surface area contributed by atoms with Crippen LogP contribution in [0, 0.1) is 10.1 Å². The number of nitro benzene ring substituents is 1. The molecule has 0 spiro atoms. The summed E-state index contributed by atoms with van der Waals surface area (Å²) in [7, 11) is 1.32. The average molecular weight is 412 g/mol. The Bertz CT molecular complexity index is 911. The second-order valence-corrected chi connectivity index (χ2v) is 6.97. The van der Waals surface area contributed by atoms with E-state index in [1.165, 1.54) is 24.8 Å². The minimum atomic E-state index is -0.615. The van der Waals surface area contributed by atoms with E-state index in [1.807, 2.05) is 18.2 Å². The number of ether oxygens (including phenoxy) is 1. The Labute approximate surface area is 174 Å². The summed E-state index contributed by atoms with van der Waals surface area (Å²) < 4.78 is 4.93. The molecule has 1 heterocycles. The Morgan fingerprint density at radius 3 is 2.43 bits per heavy atom. The van der Waals surface area contributed by atoms with E-state index in [2.05, 4.69) is 22.3 Å². The first-order valence-electron chi connectivity index (χ1n) is 9.62. The Kier molecular flexibility index (Phi) is 6.97. The van der Waals surface area contributed by atoms with Crippen molar-refractivity contribution in [3.63, 3.8) is 0 Å². The van der Waals surface area contributed by atoms with Gasteiger partial charge < -0.3 is 15.0 Å². The van der Waals surface area contributed by atoms with E-state index in [1.54, 1.807) is 4.90 Å². The van der Waals surface area contributed by atoms with Crippen LogP contribution in [0.2, 0.25) is 0 Å². The number of nitro groups is 1. The molecule has 1 saturated heterocycles. The number of benzene rings is 2. The highest BCUT2D eigenvalue weighted by atomic mass is 16.6. The summed E-state index contributed by atoms with van der Waals surface area (Å²) in [4.78, 5) is 39.2. The molecule has 1 aliphatic heterocycles. The number of piperazine rings is 1. The molecule has 30 heavy (non-hydrogen) atoms. The quantitative estimate of drug-likeness (QED) is 0.548. The van der Waals surface area contributed by atoms with Crippen LogP contribution in [0.4, 0.5) is 5.69 Å². The van der Waals surface area contributed by atoms with Crippen LogP contribution in [0.3, 0.4) is 0 Å². The molecule has 0 aromatic heterocycles.